The number of para-hydroxylation sites is 1. The Hall–Kier alpha value is -5.12. The van der Waals surface area contributed by atoms with Crippen molar-refractivity contribution in [1.29, 1.82) is 0 Å². The fraction of sp³-hybridized carbons (Fsp3) is 0.283. The zero-order chi connectivity index (χ0) is 41.2. The minimum Gasteiger partial charge on any atom is -0.509 e. The van der Waals surface area contributed by atoms with Crippen LogP contribution in [0.3, 0.4) is 0 Å². The fourth-order valence-corrected chi connectivity index (χ4v) is 7.81. The van der Waals surface area contributed by atoms with E-state index in [0.717, 1.165) is 44.7 Å². The van der Waals surface area contributed by atoms with Gasteiger partial charge in [-0.3, -0.25) is 0 Å². The molecule has 5 aromatic carbocycles. The van der Waals surface area contributed by atoms with Gasteiger partial charge in [-0.15, -0.1) is 48.1 Å². The summed E-state index contributed by atoms with van der Waals surface area (Å²) in [5.41, 5.74) is 9.89. The molecule has 0 radical (unpaired) electrons. The average Bonchev–Trinajstić information content (AvgIpc) is 3.79. The number of pyridine rings is 1. The zero-order valence-electron chi connectivity index (χ0n) is 36.2. The molecular weight excluding hydrogens is 904 g/mol. The molecule has 5 nitrogen and oxygen atoms in total. The van der Waals surface area contributed by atoms with Gasteiger partial charge < -0.3 is 19.1 Å². The van der Waals surface area contributed by atoms with Crippen LogP contribution in [0.25, 0.3) is 27.6 Å². The van der Waals surface area contributed by atoms with E-state index >= 15 is 0 Å². The van der Waals surface area contributed by atoms with Gasteiger partial charge in [0.1, 0.15) is 5.82 Å². The van der Waals surface area contributed by atoms with Crippen LogP contribution in [0.5, 0.6) is 11.5 Å². The van der Waals surface area contributed by atoms with E-state index in [-0.39, 0.29) is 42.7 Å². The molecule has 1 aliphatic rings. The molecule has 0 bridgehead atoms. The van der Waals surface area contributed by atoms with Crippen LogP contribution in [-0.2, 0) is 37.3 Å². The summed E-state index contributed by atoms with van der Waals surface area (Å²) in [6.45, 7) is 27.2. The topological polar surface area (TPSA) is 33.5 Å². The quantitative estimate of drug-likeness (QED) is 0.149. The standard InChI is InChI=1S/C53H55N4O.Pt/c1-50(2,3)37-26-27-54-49(31-37)57-46-23-16-15-22-44(46)45-25-24-43(33-47(45)57)58-42-21-17-20-40(32-42)56-35-55(34-48(56)52(7,8)9)41-29-38(51(4,5)6)28-39(30-41)53(10,11)36-18-13-12-14-19-36;/h12-31,34-35H,1-11H3;/q-3;. The van der Waals surface area contributed by atoms with Crippen molar-refractivity contribution < 1.29 is 25.8 Å². The number of rotatable bonds is 7. The molecule has 0 fully saturated rings. The predicted octanol–water partition coefficient (Wildman–Crippen LogP) is 13.8. The van der Waals surface area contributed by atoms with E-state index in [1.54, 1.807) is 0 Å². The molecule has 0 atom stereocenters. The molecule has 0 saturated carbocycles. The number of hydrogen-bond acceptors (Lipinski definition) is 4. The predicted molar refractivity (Wildman–Crippen MR) is 242 cm³/mol. The minimum atomic E-state index is -0.186. The normalized spacial score (nSPS) is 13.8. The van der Waals surface area contributed by atoms with Crippen molar-refractivity contribution in [3.63, 3.8) is 0 Å². The largest absolute Gasteiger partial charge is 0.509 e. The minimum absolute atomic E-state index is 0. The molecule has 2 aromatic heterocycles. The molecule has 3 heterocycles. The number of benzene rings is 5. The number of ether oxygens (including phenoxy) is 1. The van der Waals surface area contributed by atoms with Crippen molar-refractivity contribution in [3.05, 3.63) is 174 Å². The molecule has 7 aromatic rings. The van der Waals surface area contributed by atoms with Crippen LogP contribution < -0.4 is 14.5 Å². The summed E-state index contributed by atoms with van der Waals surface area (Å²) in [7, 11) is 0. The van der Waals surface area contributed by atoms with Gasteiger partial charge in [-0.1, -0.05) is 136 Å². The molecule has 0 saturated heterocycles. The van der Waals surface area contributed by atoms with E-state index in [0.29, 0.717) is 11.5 Å². The van der Waals surface area contributed by atoms with E-state index < -0.39 is 0 Å². The third kappa shape index (κ3) is 8.24. The third-order valence-electron chi connectivity index (χ3n) is 11.5. The number of nitrogens with zero attached hydrogens (tertiary/aromatic N) is 4. The molecule has 1 aliphatic heterocycles. The van der Waals surface area contributed by atoms with Crippen molar-refractivity contribution >= 4 is 33.2 Å². The average molecular weight is 959 g/mol. The molecule has 0 N–H and O–H groups in total. The van der Waals surface area contributed by atoms with Crippen LogP contribution in [0.2, 0.25) is 0 Å². The van der Waals surface area contributed by atoms with Crippen molar-refractivity contribution in [1.82, 2.24) is 9.55 Å². The van der Waals surface area contributed by atoms with Crippen molar-refractivity contribution in [2.24, 2.45) is 5.41 Å². The number of aromatic nitrogens is 2. The second-order valence-corrected chi connectivity index (χ2v) is 19.3. The Morgan fingerprint density at radius 1 is 0.576 bits per heavy atom. The second-order valence-electron chi connectivity index (χ2n) is 19.3. The van der Waals surface area contributed by atoms with Crippen molar-refractivity contribution in [3.8, 4) is 17.3 Å². The second kappa shape index (κ2) is 15.5. The van der Waals surface area contributed by atoms with Crippen LogP contribution in [0, 0.1) is 24.2 Å². The van der Waals surface area contributed by atoms with Gasteiger partial charge in [0.2, 0.25) is 0 Å². The Morgan fingerprint density at radius 3 is 1.97 bits per heavy atom. The van der Waals surface area contributed by atoms with Gasteiger partial charge in [-0.25, -0.2) is 4.98 Å². The monoisotopic (exact) mass is 958 g/mol. The fourth-order valence-electron chi connectivity index (χ4n) is 7.81. The van der Waals surface area contributed by atoms with E-state index in [2.05, 4.69) is 213 Å². The Labute approximate surface area is 366 Å². The van der Waals surface area contributed by atoms with Crippen molar-refractivity contribution in [2.45, 2.75) is 92.4 Å². The molecule has 8 rings (SSSR count). The van der Waals surface area contributed by atoms with E-state index in [4.69, 9.17) is 9.72 Å². The third-order valence-corrected chi connectivity index (χ3v) is 11.5. The van der Waals surface area contributed by atoms with Crippen LogP contribution in [0.1, 0.15) is 98.4 Å². The Morgan fingerprint density at radius 2 is 1.25 bits per heavy atom. The summed E-state index contributed by atoms with van der Waals surface area (Å²) >= 11 is 0. The van der Waals surface area contributed by atoms with Gasteiger partial charge in [0.05, 0.1) is 0 Å². The van der Waals surface area contributed by atoms with Gasteiger partial charge in [0.25, 0.3) is 0 Å². The number of fused-ring (bicyclic) bond motifs is 3. The van der Waals surface area contributed by atoms with Gasteiger partial charge in [0, 0.05) is 66.5 Å². The summed E-state index contributed by atoms with van der Waals surface area (Å²) in [6, 6.07) is 48.1. The van der Waals surface area contributed by atoms with Gasteiger partial charge >= 0.3 is 0 Å². The van der Waals surface area contributed by atoms with Crippen LogP contribution in [0.4, 0.5) is 11.4 Å². The zero-order valence-corrected chi connectivity index (χ0v) is 38.5. The summed E-state index contributed by atoms with van der Waals surface area (Å²) in [4.78, 5) is 9.36. The van der Waals surface area contributed by atoms with Crippen LogP contribution in [0.15, 0.2) is 133 Å². The Bertz CT molecular complexity index is 2670. The van der Waals surface area contributed by atoms with Gasteiger partial charge in [-0.2, -0.15) is 12.1 Å². The van der Waals surface area contributed by atoms with Crippen molar-refractivity contribution in [2.75, 3.05) is 9.80 Å². The summed E-state index contributed by atoms with van der Waals surface area (Å²) in [5.74, 6) is 2.09. The molecule has 0 spiro atoms. The van der Waals surface area contributed by atoms with Gasteiger partial charge in [-0.05, 0) is 75.0 Å². The number of allylic oxidation sites excluding steroid dienone is 1. The maximum atomic E-state index is 6.61. The number of anilines is 2. The van der Waals surface area contributed by atoms with E-state index in [9.17, 15) is 0 Å². The Kier molecular flexibility index (Phi) is 11.0. The SMILES string of the molecule is CC(C)(C)C1=CN(c2cc(C(C)(C)C)cc(C(C)(C)c3ccccc3)c2)[CH-]N1c1[c-]c(Oc2[c-]c3c(cc2)c2ccccc2n3-c2cc(C(C)(C)C)ccn2)ccc1.[Pt]. The maximum absolute atomic E-state index is 6.61. The Balaban J connectivity index is 0.00000528. The first-order valence-electron chi connectivity index (χ1n) is 20.4. The molecular formula is C53H55N4OPt-3. The summed E-state index contributed by atoms with van der Waals surface area (Å²) in [6.07, 6.45) is 4.17. The van der Waals surface area contributed by atoms with E-state index in [1.807, 2.05) is 24.4 Å². The molecule has 6 heteroatoms. The smallest absolute Gasteiger partial charge is 0.135 e. The number of hydrogen-bond donors (Lipinski definition) is 0. The first-order chi connectivity index (χ1) is 27.4. The molecule has 0 unspecified atom stereocenters. The van der Waals surface area contributed by atoms with Crippen LogP contribution in [-0.4, -0.2) is 9.55 Å². The molecule has 306 valence electrons. The molecule has 59 heavy (non-hydrogen) atoms. The molecule has 0 aliphatic carbocycles. The first-order valence-corrected chi connectivity index (χ1v) is 20.4. The maximum Gasteiger partial charge on any atom is 0.135 e. The summed E-state index contributed by atoms with van der Waals surface area (Å²) < 4.78 is 8.81. The molecule has 0 amide bonds. The van der Waals surface area contributed by atoms with E-state index in [1.165, 1.54) is 22.3 Å². The first kappa shape index (κ1) is 42.0. The summed E-state index contributed by atoms with van der Waals surface area (Å²) in [5, 5.41) is 2.25. The van der Waals surface area contributed by atoms with Crippen LogP contribution >= 0.6 is 0 Å². The van der Waals surface area contributed by atoms with Gasteiger partial charge in [0.15, 0.2) is 0 Å².